The molecule has 2 aromatic carbocycles. The summed E-state index contributed by atoms with van der Waals surface area (Å²) in [7, 11) is 0. The van der Waals surface area contributed by atoms with Crippen LogP contribution in [0.25, 0.3) is 11.1 Å². The third-order valence-corrected chi connectivity index (χ3v) is 5.65. The Bertz CT molecular complexity index is 1090. The number of aromatic nitrogens is 1. The van der Waals surface area contributed by atoms with Gasteiger partial charge in [-0.05, 0) is 56.7 Å². The highest BCUT2D eigenvalue weighted by molar-refractivity contribution is 9.10. The highest BCUT2D eigenvalue weighted by Gasteiger charge is 2.31. The Kier molecular flexibility index (Phi) is 5.55. The van der Waals surface area contributed by atoms with Crippen molar-refractivity contribution < 1.29 is 19.4 Å². The standard InChI is InChI=1S/C23H19BrN2O4/c1-14-10-20(24)22(25-11-14)26(12-21(27)28)23(29)30-13-19-17-8-4-2-6-15(17)16-7-3-5-9-18(16)19/h2-11,19H,12-13H2,1H3,(H,27,28). The average Bonchev–Trinajstić information content (AvgIpc) is 3.04. The number of aliphatic carboxylic acids is 1. The van der Waals surface area contributed by atoms with Crippen LogP contribution in [0.5, 0.6) is 0 Å². The van der Waals surface area contributed by atoms with Gasteiger partial charge < -0.3 is 9.84 Å². The minimum atomic E-state index is -1.15. The van der Waals surface area contributed by atoms with Gasteiger partial charge in [0.1, 0.15) is 13.2 Å². The normalized spacial score (nSPS) is 12.2. The summed E-state index contributed by atoms with van der Waals surface area (Å²) in [6.07, 6.45) is 0.822. The van der Waals surface area contributed by atoms with E-state index in [-0.39, 0.29) is 18.3 Å². The number of halogens is 1. The van der Waals surface area contributed by atoms with E-state index in [0.717, 1.165) is 32.7 Å². The lowest BCUT2D eigenvalue weighted by atomic mass is 9.98. The maximum atomic E-state index is 12.9. The number of ether oxygens (including phenoxy) is 1. The van der Waals surface area contributed by atoms with Gasteiger partial charge in [-0.2, -0.15) is 0 Å². The van der Waals surface area contributed by atoms with Gasteiger partial charge in [-0.3, -0.25) is 4.79 Å². The Labute approximate surface area is 182 Å². The van der Waals surface area contributed by atoms with Crippen molar-refractivity contribution in [3.63, 3.8) is 0 Å². The number of hydrogen-bond acceptors (Lipinski definition) is 4. The van der Waals surface area contributed by atoms with Crippen LogP contribution in [-0.2, 0) is 9.53 Å². The molecule has 1 N–H and O–H groups in total. The highest BCUT2D eigenvalue weighted by Crippen LogP contribution is 2.44. The lowest BCUT2D eigenvalue weighted by molar-refractivity contribution is -0.135. The molecule has 0 unspecified atom stereocenters. The van der Waals surface area contributed by atoms with E-state index in [2.05, 4.69) is 33.0 Å². The number of amides is 1. The fourth-order valence-electron chi connectivity index (χ4n) is 3.76. The van der Waals surface area contributed by atoms with Gasteiger partial charge in [-0.1, -0.05) is 48.5 Å². The minimum absolute atomic E-state index is 0.104. The van der Waals surface area contributed by atoms with E-state index in [4.69, 9.17) is 4.74 Å². The largest absolute Gasteiger partial charge is 0.480 e. The van der Waals surface area contributed by atoms with E-state index in [1.165, 1.54) is 0 Å². The molecule has 0 bridgehead atoms. The number of aryl methyl sites for hydroxylation is 1. The van der Waals surface area contributed by atoms with Crippen LogP contribution in [0.4, 0.5) is 10.6 Å². The SMILES string of the molecule is Cc1cnc(N(CC(=O)O)C(=O)OCC2c3ccccc3-c3ccccc32)c(Br)c1. The van der Waals surface area contributed by atoms with Crippen molar-refractivity contribution in [1.82, 2.24) is 4.98 Å². The van der Waals surface area contributed by atoms with E-state index < -0.39 is 18.6 Å². The molecule has 4 rings (SSSR count). The monoisotopic (exact) mass is 466 g/mol. The van der Waals surface area contributed by atoms with Gasteiger partial charge in [0, 0.05) is 12.1 Å². The van der Waals surface area contributed by atoms with Gasteiger partial charge in [-0.15, -0.1) is 0 Å². The zero-order valence-electron chi connectivity index (χ0n) is 16.2. The average molecular weight is 467 g/mol. The molecular formula is C23H19BrN2O4. The summed E-state index contributed by atoms with van der Waals surface area (Å²) in [4.78, 5) is 29.5. The summed E-state index contributed by atoms with van der Waals surface area (Å²) in [5, 5.41) is 9.29. The Morgan fingerprint density at radius 2 is 1.70 bits per heavy atom. The Morgan fingerprint density at radius 3 is 2.27 bits per heavy atom. The number of carbonyl (C=O) groups is 2. The second-order valence-corrected chi connectivity index (χ2v) is 7.96. The molecule has 1 aliphatic carbocycles. The van der Waals surface area contributed by atoms with Crippen LogP contribution in [0, 0.1) is 6.92 Å². The van der Waals surface area contributed by atoms with Crippen LogP contribution in [0.3, 0.4) is 0 Å². The summed E-state index contributed by atoms with van der Waals surface area (Å²) in [6.45, 7) is 1.41. The first-order valence-corrected chi connectivity index (χ1v) is 10.2. The molecule has 1 aromatic heterocycles. The van der Waals surface area contributed by atoms with Crippen LogP contribution < -0.4 is 4.90 Å². The molecule has 6 nitrogen and oxygen atoms in total. The van der Waals surface area contributed by atoms with Crippen molar-refractivity contribution in [3.8, 4) is 11.1 Å². The molecule has 0 spiro atoms. The second kappa shape index (κ2) is 8.28. The number of rotatable bonds is 5. The zero-order valence-corrected chi connectivity index (χ0v) is 17.8. The number of benzene rings is 2. The Morgan fingerprint density at radius 1 is 1.10 bits per heavy atom. The van der Waals surface area contributed by atoms with Gasteiger partial charge in [0.15, 0.2) is 5.82 Å². The lowest BCUT2D eigenvalue weighted by Gasteiger charge is -2.22. The minimum Gasteiger partial charge on any atom is -0.480 e. The van der Waals surface area contributed by atoms with E-state index in [1.54, 1.807) is 12.3 Å². The van der Waals surface area contributed by atoms with Crippen molar-refractivity contribution in [2.75, 3.05) is 18.1 Å². The molecule has 1 aliphatic rings. The molecule has 0 radical (unpaired) electrons. The topological polar surface area (TPSA) is 79.7 Å². The summed E-state index contributed by atoms with van der Waals surface area (Å²) in [5.74, 6) is -1.06. The molecule has 1 amide bonds. The quantitative estimate of drug-likeness (QED) is 0.572. The van der Waals surface area contributed by atoms with Gasteiger partial charge in [0.2, 0.25) is 0 Å². The number of carboxylic acid groups (broad SMARTS) is 1. The summed E-state index contributed by atoms with van der Waals surface area (Å²) in [6, 6.07) is 17.8. The van der Waals surface area contributed by atoms with E-state index >= 15 is 0 Å². The molecule has 0 fully saturated rings. The summed E-state index contributed by atoms with van der Waals surface area (Å²) >= 11 is 3.36. The molecule has 7 heteroatoms. The number of hydrogen-bond donors (Lipinski definition) is 1. The fraction of sp³-hybridized carbons (Fsp3) is 0.174. The summed E-state index contributed by atoms with van der Waals surface area (Å²) in [5.41, 5.74) is 5.31. The number of carbonyl (C=O) groups excluding carboxylic acids is 1. The maximum Gasteiger partial charge on any atom is 0.416 e. The first kappa shape index (κ1) is 20.1. The second-order valence-electron chi connectivity index (χ2n) is 7.10. The van der Waals surface area contributed by atoms with Crippen LogP contribution in [0.2, 0.25) is 0 Å². The first-order valence-electron chi connectivity index (χ1n) is 9.42. The number of fused-ring (bicyclic) bond motifs is 3. The molecule has 0 saturated carbocycles. The maximum absolute atomic E-state index is 12.9. The van der Waals surface area contributed by atoms with Crippen LogP contribution >= 0.6 is 15.9 Å². The number of pyridine rings is 1. The Balaban J connectivity index is 1.59. The first-order chi connectivity index (χ1) is 14.5. The van der Waals surface area contributed by atoms with E-state index in [0.29, 0.717) is 4.47 Å². The van der Waals surface area contributed by atoms with Gasteiger partial charge in [-0.25, -0.2) is 14.7 Å². The number of carboxylic acids is 1. The van der Waals surface area contributed by atoms with E-state index in [9.17, 15) is 14.7 Å². The van der Waals surface area contributed by atoms with Crippen molar-refractivity contribution in [2.24, 2.45) is 0 Å². The predicted molar refractivity (Wildman–Crippen MR) is 117 cm³/mol. The smallest absolute Gasteiger partial charge is 0.416 e. The predicted octanol–water partition coefficient (Wildman–Crippen LogP) is 4.99. The molecule has 0 aliphatic heterocycles. The lowest BCUT2D eigenvalue weighted by Crippen LogP contribution is -2.37. The fourth-order valence-corrected chi connectivity index (χ4v) is 4.44. The highest BCUT2D eigenvalue weighted by atomic mass is 79.9. The van der Waals surface area contributed by atoms with Crippen LogP contribution in [0.1, 0.15) is 22.6 Å². The molecule has 152 valence electrons. The molecule has 1 heterocycles. The van der Waals surface area contributed by atoms with Crippen molar-refractivity contribution in [2.45, 2.75) is 12.8 Å². The third kappa shape index (κ3) is 3.80. The molecule has 0 saturated heterocycles. The van der Waals surface area contributed by atoms with Crippen LogP contribution in [0.15, 0.2) is 65.3 Å². The van der Waals surface area contributed by atoms with Gasteiger partial charge >= 0.3 is 12.1 Å². The molecular weight excluding hydrogens is 448 g/mol. The van der Waals surface area contributed by atoms with Crippen LogP contribution in [-0.4, -0.2) is 35.3 Å². The number of nitrogens with zero attached hydrogens (tertiary/aromatic N) is 2. The van der Waals surface area contributed by atoms with Gasteiger partial charge in [0.25, 0.3) is 0 Å². The van der Waals surface area contributed by atoms with Crippen molar-refractivity contribution in [1.29, 1.82) is 0 Å². The third-order valence-electron chi connectivity index (χ3n) is 5.06. The molecule has 30 heavy (non-hydrogen) atoms. The molecule has 3 aromatic rings. The van der Waals surface area contributed by atoms with Gasteiger partial charge in [0.05, 0.1) is 4.47 Å². The van der Waals surface area contributed by atoms with E-state index in [1.807, 2.05) is 43.3 Å². The molecule has 0 atom stereocenters. The van der Waals surface area contributed by atoms with Crippen molar-refractivity contribution in [3.05, 3.63) is 82.0 Å². The summed E-state index contributed by atoms with van der Waals surface area (Å²) < 4.78 is 6.13. The number of anilines is 1. The zero-order chi connectivity index (χ0) is 21.3. The van der Waals surface area contributed by atoms with Crippen molar-refractivity contribution >= 4 is 33.8 Å². The Hall–Kier alpha value is -3.19.